The molecule has 7 nitrogen and oxygen atoms in total. The molecular weight excluding hydrogens is 416 g/mol. The summed E-state index contributed by atoms with van der Waals surface area (Å²) < 4.78 is 0. The molecule has 0 fully saturated rings. The summed E-state index contributed by atoms with van der Waals surface area (Å²) in [6.07, 6.45) is 0.845. The summed E-state index contributed by atoms with van der Waals surface area (Å²) in [5.74, 6) is -1.14. The maximum Gasteiger partial charge on any atom is 0.251 e. The predicted octanol–water partition coefficient (Wildman–Crippen LogP) is 2.77. The number of nitrogens with two attached hydrogens (primary N) is 1. The van der Waals surface area contributed by atoms with E-state index in [1.807, 2.05) is 24.3 Å². The number of carbonyl (C=O) groups excluding carboxylic acids is 3. The number of fused-ring (bicyclic) bond motifs is 3. The van der Waals surface area contributed by atoms with Crippen LogP contribution in [0.5, 0.6) is 0 Å². The smallest absolute Gasteiger partial charge is 0.251 e. The van der Waals surface area contributed by atoms with E-state index >= 15 is 0 Å². The number of aromatic nitrogens is 1. The Labute approximate surface area is 184 Å². The van der Waals surface area contributed by atoms with E-state index in [1.165, 1.54) is 0 Å². The fourth-order valence-electron chi connectivity index (χ4n) is 3.96. The molecule has 1 aliphatic rings. The van der Waals surface area contributed by atoms with Crippen molar-refractivity contribution in [3.63, 3.8) is 0 Å². The normalized spacial score (nSPS) is 14.2. The Balaban J connectivity index is 1.53. The molecule has 3 aromatic rings. The number of aromatic amines is 1. The number of hydrogen-bond acceptors (Lipinski definition) is 3. The Morgan fingerprint density at radius 1 is 1.13 bits per heavy atom. The van der Waals surface area contributed by atoms with Crippen LogP contribution in [0.25, 0.3) is 10.9 Å². The number of rotatable bonds is 6. The first kappa shape index (κ1) is 20.9. The second-order valence-corrected chi connectivity index (χ2v) is 8.11. The Morgan fingerprint density at radius 2 is 1.87 bits per heavy atom. The number of amides is 3. The highest BCUT2D eigenvalue weighted by Crippen LogP contribution is 2.28. The van der Waals surface area contributed by atoms with Gasteiger partial charge in [-0.15, -0.1) is 0 Å². The topological polar surface area (TPSA) is 108 Å². The molecule has 1 aliphatic heterocycles. The molecule has 31 heavy (non-hydrogen) atoms. The highest BCUT2D eigenvalue weighted by Gasteiger charge is 2.30. The van der Waals surface area contributed by atoms with E-state index in [4.69, 9.17) is 17.3 Å². The van der Waals surface area contributed by atoms with E-state index in [2.05, 4.69) is 10.3 Å². The highest BCUT2D eigenvalue weighted by molar-refractivity contribution is 6.30. The van der Waals surface area contributed by atoms with E-state index in [9.17, 15) is 14.4 Å². The first-order chi connectivity index (χ1) is 14.9. The van der Waals surface area contributed by atoms with Gasteiger partial charge < -0.3 is 20.9 Å². The van der Waals surface area contributed by atoms with E-state index in [-0.39, 0.29) is 18.7 Å². The molecule has 160 valence electrons. The third-order valence-corrected chi connectivity index (χ3v) is 5.84. The van der Waals surface area contributed by atoms with Gasteiger partial charge >= 0.3 is 0 Å². The van der Waals surface area contributed by atoms with E-state index in [0.29, 0.717) is 30.1 Å². The molecule has 0 aliphatic carbocycles. The summed E-state index contributed by atoms with van der Waals surface area (Å²) >= 11 is 5.89. The summed E-state index contributed by atoms with van der Waals surface area (Å²) in [6.45, 7) is 0.977. The third kappa shape index (κ3) is 4.56. The molecule has 0 bridgehead atoms. The van der Waals surface area contributed by atoms with Crippen LogP contribution in [-0.2, 0) is 22.6 Å². The molecule has 0 saturated heterocycles. The van der Waals surface area contributed by atoms with Crippen molar-refractivity contribution < 1.29 is 14.4 Å². The van der Waals surface area contributed by atoms with Gasteiger partial charge in [0.25, 0.3) is 5.91 Å². The van der Waals surface area contributed by atoms with Crippen molar-refractivity contribution in [2.75, 3.05) is 6.54 Å². The summed E-state index contributed by atoms with van der Waals surface area (Å²) in [5, 5.41) is 4.38. The second-order valence-electron chi connectivity index (χ2n) is 7.68. The summed E-state index contributed by atoms with van der Waals surface area (Å²) in [7, 11) is 0. The molecule has 3 amide bonds. The van der Waals surface area contributed by atoms with Gasteiger partial charge in [-0.05, 0) is 36.8 Å². The number of H-pyrrole nitrogens is 1. The lowest BCUT2D eigenvalue weighted by atomic mass is 10.0. The lowest BCUT2D eigenvalue weighted by Gasteiger charge is -2.31. The molecule has 1 aromatic heterocycles. The number of carbonyl (C=O) groups is 3. The lowest BCUT2D eigenvalue weighted by molar-refractivity contribution is -0.134. The molecular formula is C23H23ClN4O3. The molecule has 0 spiro atoms. The third-order valence-electron chi connectivity index (χ3n) is 5.58. The van der Waals surface area contributed by atoms with E-state index in [0.717, 1.165) is 22.2 Å². The number of primary amides is 1. The summed E-state index contributed by atoms with van der Waals surface area (Å²) in [4.78, 5) is 42.5. The van der Waals surface area contributed by atoms with Gasteiger partial charge in [-0.2, -0.15) is 0 Å². The van der Waals surface area contributed by atoms with Crippen LogP contribution in [0.1, 0.15) is 34.5 Å². The van der Waals surface area contributed by atoms with Crippen molar-refractivity contribution in [1.82, 2.24) is 15.2 Å². The van der Waals surface area contributed by atoms with Crippen molar-refractivity contribution >= 4 is 40.2 Å². The molecule has 0 radical (unpaired) electrons. The molecule has 0 saturated carbocycles. The minimum Gasteiger partial charge on any atom is -0.370 e. The Morgan fingerprint density at radius 3 is 2.61 bits per heavy atom. The zero-order valence-electron chi connectivity index (χ0n) is 16.9. The van der Waals surface area contributed by atoms with Crippen molar-refractivity contribution in [2.24, 2.45) is 5.73 Å². The molecule has 4 N–H and O–H groups in total. The summed E-state index contributed by atoms with van der Waals surface area (Å²) in [5.41, 5.74) is 8.95. The Hall–Kier alpha value is -3.32. The van der Waals surface area contributed by atoms with Gasteiger partial charge in [-0.25, -0.2) is 0 Å². The first-order valence-electron chi connectivity index (χ1n) is 10.1. The van der Waals surface area contributed by atoms with Crippen molar-refractivity contribution in [1.29, 1.82) is 0 Å². The van der Waals surface area contributed by atoms with Crippen molar-refractivity contribution in [2.45, 2.75) is 31.8 Å². The molecule has 0 unspecified atom stereocenters. The molecule has 2 heterocycles. The Kier molecular flexibility index (Phi) is 5.95. The predicted molar refractivity (Wildman–Crippen MR) is 119 cm³/mol. The van der Waals surface area contributed by atoms with Crippen LogP contribution < -0.4 is 11.1 Å². The van der Waals surface area contributed by atoms with Gasteiger partial charge in [-0.1, -0.05) is 29.8 Å². The molecule has 2 aromatic carbocycles. The van der Waals surface area contributed by atoms with Crippen molar-refractivity contribution in [3.8, 4) is 0 Å². The molecule has 1 atom stereocenters. The zero-order chi connectivity index (χ0) is 22.0. The quantitative estimate of drug-likeness (QED) is 0.550. The van der Waals surface area contributed by atoms with Crippen LogP contribution in [-0.4, -0.2) is 40.2 Å². The average molecular weight is 439 g/mol. The highest BCUT2D eigenvalue weighted by atomic mass is 35.5. The van der Waals surface area contributed by atoms with Crippen molar-refractivity contribution in [3.05, 3.63) is 70.4 Å². The van der Waals surface area contributed by atoms with Crippen LogP contribution in [0.15, 0.2) is 48.5 Å². The van der Waals surface area contributed by atoms with Crippen LogP contribution >= 0.6 is 11.6 Å². The minimum atomic E-state index is -0.845. The zero-order valence-corrected chi connectivity index (χ0v) is 17.6. The van der Waals surface area contributed by atoms with Gasteiger partial charge in [0.1, 0.15) is 6.04 Å². The monoisotopic (exact) mass is 438 g/mol. The van der Waals surface area contributed by atoms with Gasteiger partial charge in [-0.3, -0.25) is 14.4 Å². The van der Waals surface area contributed by atoms with Crippen LogP contribution in [0.2, 0.25) is 5.02 Å². The minimum absolute atomic E-state index is 0.00345. The number of hydrogen-bond donors (Lipinski definition) is 3. The van der Waals surface area contributed by atoms with E-state index in [1.54, 1.807) is 29.2 Å². The fraction of sp³-hybridized carbons (Fsp3) is 0.261. The first-order valence-corrected chi connectivity index (χ1v) is 10.5. The van der Waals surface area contributed by atoms with Gasteiger partial charge in [0.05, 0.1) is 0 Å². The van der Waals surface area contributed by atoms with Gasteiger partial charge in [0.15, 0.2) is 0 Å². The number of benzene rings is 2. The summed E-state index contributed by atoms with van der Waals surface area (Å²) in [6, 6.07) is 13.5. The number of nitrogens with zero attached hydrogens (tertiary/aromatic N) is 1. The number of halogens is 1. The van der Waals surface area contributed by atoms with Crippen LogP contribution in [0.4, 0.5) is 0 Å². The number of nitrogens with one attached hydrogen (secondary N) is 2. The lowest BCUT2D eigenvalue weighted by Crippen LogP contribution is -2.50. The maximum atomic E-state index is 13.3. The van der Waals surface area contributed by atoms with Crippen LogP contribution in [0, 0.1) is 0 Å². The standard InChI is InChI=1S/C23H23ClN4O3/c24-15-7-5-14(6-8-15)22(30)27-20(9-10-21(25)29)23(31)28-12-11-19-17(13-28)16-3-1-2-4-18(16)26-19/h1-8,20,26H,9-13H2,(H2,25,29)(H,27,30)/t20-/m1/s1. The van der Waals surface area contributed by atoms with Gasteiger partial charge in [0, 0.05) is 58.7 Å². The SMILES string of the molecule is NC(=O)CC[C@@H](NC(=O)c1ccc(Cl)cc1)C(=O)N1CCc2[nH]c3ccccc3c2C1. The Bertz CT molecular complexity index is 1140. The average Bonchev–Trinajstić information content (AvgIpc) is 3.14. The largest absolute Gasteiger partial charge is 0.370 e. The molecule has 4 rings (SSSR count). The molecule has 8 heteroatoms. The fourth-order valence-corrected chi connectivity index (χ4v) is 4.09. The number of para-hydroxylation sites is 1. The van der Waals surface area contributed by atoms with E-state index < -0.39 is 17.9 Å². The van der Waals surface area contributed by atoms with Gasteiger partial charge in [0.2, 0.25) is 11.8 Å². The second kappa shape index (κ2) is 8.81. The van der Waals surface area contributed by atoms with Crippen LogP contribution in [0.3, 0.4) is 0 Å². The maximum absolute atomic E-state index is 13.3.